The van der Waals surface area contributed by atoms with Gasteiger partial charge in [-0.1, -0.05) is 31.9 Å². The SMILES string of the molecule is CC1CCCC(C(=O)C2(c3ccc(N)cc3)CC2)C1. The van der Waals surface area contributed by atoms with Crippen LogP contribution in [-0.4, -0.2) is 5.78 Å². The Balaban J connectivity index is 1.80. The maximum atomic E-state index is 12.9. The van der Waals surface area contributed by atoms with Crippen molar-refractivity contribution in [3.63, 3.8) is 0 Å². The fourth-order valence-corrected chi connectivity index (χ4v) is 3.67. The Morgan fingerprint density at radius 2 is 1.89 bits per heavy atom. The average molecular weight is 257 g/mol. The van der Waals surface area contributed by atoms with Gasteiger partial charge in [0.1, 0.15) is 5.78 Å². The van der Waals surface area contributed by atoms with Gasteiger partial charge in [0.25, 0.3) is 0 Å². The lowest BCUT2D eigenvalue weighted by atomic mass is 9.74. The number of carbonyl (C=O) groups is 1. The van der Waals surface area contributed by atoms with Gasteiger partial charge < -0.3 is 5.73 Å². The minimum atomic E-state index is -0.157. The molecule has 0 bridgehead atoms. The van der Waals surface area contributed by atoms with Crippen molar-refractivity contribution < 1.29 is 4.79 Å². The molecule has 0 aliphatic heterocycles. The van der Waals surface area contributed by atoms with Gasteiger partial charge in [-0.15, -0.1) is 0 Å². The molecule has 0 radical (unpaired) electrons. The fraction of sp³-hybridized carbons (Fsp3) is 0.588. The number of Topliss-reactive ketones (excluding diaryl/α,β-unsaturated/α-hetero) is 1. The molecule has 3 rings (SSSR count). The van der Waals surface area contributed by atoms with Gasteiger partial charge in [0.15, 0.2) is 0 Å². The Morgan fingerprint density at radius 3 is 2.47 bits per heavy atom. The number of hydrogen-bond donors (Lipinski definition) is 1. The summed E-state index contributed by atoms with van der Waals surface area (Å²) in [5.74, 6) is 1.51. The number of benzene rings is 1. The largest absolute Gasteiger partial charge is 0.399 e. The number of anilines is 1. The van der Waals surface area contributed by atoms with Crippen molar-refractivity contribution in [2.45, 2.75) is 50.9 Å². The number of ketones is 1. The van der Waals surface area contributed by atoms with Crippen LogP contribution < -0.4 is 5.73 Å². The minimum absolute atomic E-state index is 0.157. The molecule has 0 heterocycles. The van der Waals surface area contributed by atoms with Crippen molar-refractivity contribution in [2.75, 3.05) is 5.73 Å². The topological polar surface area (TPSA) is 43.1 Å². The van der Waals surface area contributed by atoms with Gasteiger partial charge in [0, 0.05) is 11.6 Å². The highest BCUT2D eigenvalue weighted by Gasteiger charge is 2.52. The van der Waals surface area contributed by atoms with Gasteiger partial charge in [0.2, 0.25) is 0 Å². The van der Waals surface area contributed by atoms with Crippen LogP contribution in [0.5, 0.6) is 0 Å². The predicted molar refractivity (Wildman–Crippen MR) is 77.9 cm³/mol. The van der Waals surface area contributed by atoms with Crippen molar-refractivity contribution in [3.05, 3.63) is 29.8 Å². The van der Waals surface area contributed by atoms with E-state index in [9.17, 15) is 4.79 Å². The molecule has 0 spiro atoms. The van der Waals surface area contributed by atoms with Crippen LogP contribution in [0, 0.1) is 11.8 Å². The molecule has 0 saturated heterocycles. The lowest BCUT2D eigenvalue weighted by Gasteiger charge is -2.29. The number of nitrogen functional groups attached to an aromatic ring is 1. The molecule has 0 aromatic heterocycles. The molecule has 2 unspecified atom stereocenters. The molecule has 2 aliphatic rings. The summed E-state index contributed by atoms with van der Waals surface area (Å²) in [7, 11) is 0. The van der Waals surface area contributed by atoms with E-state index in [1.165, 1.54) is 18.4 Å². The fourth-order valence-electron chi connectivity index (χ4n) is 3.67. The highest BCUT2D eigenvalue weighted by molar-refractivity contribution is 5.95. The Hall–Kier alpha value is -1.31. The number of rotatable bonds is 3. The van der Waals surface area contributed by atoms with Crippen LogP contribution in [0.2, 0.25) is 0 Å². The van der Waals surface area contributed by atoms with E-state index in [0.717, 1.165) is 31.4 Å². The van der Waals surface area contributed by atoms with E-state index in [-0.39, 0.29) is 5.41 Å². The molecular weight excluding hydrogens is 234 g/mol. The van der Waals surface area contributed by atoms with Gasteiger partial charge in [-0.05, 0) is 49.3 Å². The lowest BCUT2D eigenvalue weighted by Crippen LogP contribution is -2.31. The summed E-state index contributed by atoms with van der Waals surface area (Å²) in [6.07, 6.45) is 6.75. The zero-order valence-corrected chi connectivity index (χ0v) is 11.7. The van der Waals surface area contributed by atoms with E-state index in [4.69, 9.17) is 5.73 Å². The Kier molecular flexibility index (Phi) is 3.12. The summed E-state index contributed by atoms with van der Waals surface area (Å²) in [5.41, 5.74) is 7.55. The zero-order valence-electron chi connectivity index (χ0n) is 11.7. The highest BCUT2D eigenvalue weighted by Crippen LogP contribution is 2.52. The molecule has 2 nitrogen and oxygen atoms in total. The quantitative estimate of drug-likeness (QED) is 0.839. The molecule has 2 heteroatoms. The van der Waals surface area contributed by atoms with Crippen molar-refractivity contribution in [1.82, 2.24) is 0 Å². The molecule has 102 valence electrons. The third-order valence-electron chi connectivity index (χ3n) is 4.99. The monoisotopic (exact) mass is 257 g/mol. The van der Waals surface area contributed by atoms with Crippen LogP contribution in [0.1, 0.15) is 51.0 Å². The minimum Gasteiger partial charge on any atom is -0.399 e. The number of hydrogen-bond acceptors (Lipinski definition) is 2. The number of carbonyl (C=O) groups excluding carboxylic acids is 1. The second kappa shape index (κ2) is 4.66. The lowest BCUT2D eigenvalue weighted by molar-refractivity contribution is -0.126. The maximum Gasteiger partial charge on any atom is 0.146 e. The molecule has 2 saturated carbocycles. The first-order valence-corrected chi connectivity index (χ1v) is 7.52. The summed E-state index contributed by atoms with van der Waals surface area (Å²) in [6.45, 7) is 2.28. The van der Waals surface area contributed by atoms with Gasteiger partial charge in [0.05, 0.1) is 5.41 Å². The summed E-state index contributed by atoms with van der Waals surface area (Å²) in [5, 5.41) is 0. The van der Waals surface area contributed by atoms with Gasteiger partial charge in [-0.3, -0.25) is 4.79 Å². The Bertz CT molecular complexity index is 473. The molecule has 1 aromatic carbocycles. The van der Waals surface area contributed by atoms with E-state index < -0.39 is 0 Å². The van der Waals surface area contributed by atoms with Crippen molar-refractivity contribution in [2.24, 2.45) is 11.8 Å². The van der Waals surface area contributed by atoms with E-state index >= 15 is 0 Å². The van der Waals surface area contributed by atoms with E-state index in [2.05, 4.69) is 6.92 Å². The van der Waals surface area contributed by atoms with Crippen LogP contribution in [0.4, 0.5) is 5.69 Å². The predicted octanol–water partition coefficient (Wildman–Crippen LogP) is 3.70. The summed E-state index contributed by atoms with van der Waals surface area (Å²) >= 11 is 0. The number of nitrogens with two attached hydrogens (primary N) is 1. The standard InChI is InChI=1S/C17H23NO/c1-12-3-2-4-13(11-12)16(19)17(9-10-17)14-5-7-15(18)8-6-14/h5-8,12-13H,2-4,9-11,18H2,1H3. The smallest absolute Gasteiger partial charge is 0.146 e. The van der Waals surface area contributed by atoms with Crippen molar-refractivity contribution in [1.29, 1.82) is 0 Å². The van der Waals surface area contributed by atoms with Crippen LogP contribution in [0.15, 0.2) is 24.3 Å². The van der Waals surface area contributed by atoms with Crippen LogP contribution in [0.25, 0.3) is 0 Å². The van der Waals surface area contributed by atoms with E-state index in [1.807, 2.05) is 24.3 Å². The second-order valence-corrected chi connectivity index (χ2v) is 6.54. The Morgan fingerprint density at radius 1 is 1.21 bits per heavy atom. The zero-order chi connectivity index (χ0) is 13.5. The molecule has 2 aliphatic carbocycles. The first-order valence-electron chi connectivity index (χ1n) is 7.52. The van der Waals surface area contributed by atoms with Crippen LogP contribution in [0.3, 0.4) is 0 Å². The summed E-state index contributed by atoms with van der Waals surface area (Å²) < 4.78 is 0. The second-order valence-electron chi connectivity index (χ2n) is 6.54. The molecule has 2 atom stereocenters. The summed E-state index contributed by atoms with van der Waals surface area (Å²) in [4.78, 5) is 12.9. The molecule has 1 aromatic rings. The maximum absolute atomic E-state index is 12.9. The van der Waals surface area contributed by atoms with Gasteiger partial charge in [-0.25, -0.2) is 0 Å². The molecule has 0 amide bonds. The first-order chi connectivity index (χ1) is 9.12. The molecule has 2 fully saturated rings. The van der Waals surface area contributed by atoms with Crippen LogP contribution >= 0.6 is 0 Å². The molecule has 19 heavy (non-hydrogen) atoms. The van der Waals surface area contributed by atoms with Crippen molar-refractivity contribution in [3.8, 4) is 0 Å². The van der Waals surface area contributed by atoms with Gasteiger partial charge >= 0.3 is 0 Å². The summed E-state index contributed by atoms with van der Waals surface area (Å²) in [6, 6.07) is 7.94. The Labute approximate surface area is 115 Å². The third-order valence-corrected chi connectivity index (χ3v) is 4.99. The normalized spacial score (nSPS) is 28.9. The van der Waals surface area contributed by atoms with Crippen molar-refractivity contribution >= 4 is 11.5 Å². The third kappa shape index (κ3) is 2.29. The average Bonchev–Trinajstić information content (AvgIpc) is 3.20. The molecule has 2 N–H and O–H groups in total. The molecular formula is C17H23NO. The van der Waals surface area contributed by atoms with E-state index in [0.29, 0.717) is 17.6 Å². The highest BCUT2D eigenvalue weighted by atomic mass is 16.1. The van der Waals surface area contributed by atoms with Crippen LogP contribution in [-0.2, 0) is 10.2 Å². The van der Waals surface area contributed by atoms with E-state index in [1.54, 1.807) is 0 Å². The first kappa shape index (κ1) is 12.7. The van der Waals surface area contributed by atoms with Gasteiger partial charge in [-0.2, -0.15) is 0 Å².